The molecule has 17 heavy (non-hydrogen) atoms. The summed E-state index contributed by atoms with van der Waals surface area (Å²) < 4.78 is 5.45. The van der Waals surface area contributed by atoms with E-state index in [1.807, 2.05) is 18.3 Å². The number of ether oxygens (including phenoxy) is 1. The standard InChI is InChI=1S/C14H22N2O/c1-3-5-9-17-12-14-7-6-13(11-16-14)10-15-8-4-2/h3,6-7,11,15H,1,4-5,8-10,12H2,2H3. The Hall–Kier alpha value is -1.19. The number of nitrogens with one attached hydrogen (secondary N) is 1. The number of pyridine rings is 1. The lowest BCUT2D eigenvalue weighted by atomic mass is 10.2. The SMILES string of the molecule is C=CCCOCc1ccc(CNCCC)cn1. The van der Waals surface area contributed by atoms with Gasteiger partial charge >= 0.3 is 0 Å². The minimum atomic E-state index is 0.580. The maximum atomic E-state index is 5.45. The first-order valence-electron chi connectivity index (χ1n) is 6.20. The van der Waals surface area contributed by atoms with Crippen LogP contribution in [-0.2, 0) is 17.9 Å². The predicted molar refractivity (Wildman–Crippen MR) is 70.7 cm³/mol. The van der Waals surface area contributed by atoms with Crippen LogP contribution in [0.4, 0.5) is 0 Å². The molecule has 3 nitrogen and oxygen atoms in total. The zero-order valence-corrected chi connectivity index (χ0v) is 10.6. The van der Waals surface area contributed by atoms with E-state index in [2.05, 4.69) is 29.9 Å². The Bertz CT molecular complexity index is 309. The first-order chi connectivity index (χ1) is 8.36. The second-order valence-corrected chi connectivity index (χ2v) is 3.96. The Morgan fingerprint density at radius 2 is 2.35 bits per heavy atom. The molecule has 0 aromatic carbocycles. The molecule has 0 amide bonds. The van der Waals surface area contributed by atoms with Crippen molar-refractivity contribution in [3.05, 3.63) is 42.2 Å². The molecule has 0 fully saturated rings. The number of hydrogen-bond donors (Lipinski definition) is 1. The summed E-state index contributed by atoms with van der Waals surface area (Å²) in [4.78, 5) is 4.36. The monoisotopic (exact) mass is 234 g/mol. The Morgan fingerprint density at radius 1 is 1.47 bits per heavy atom. The molecule has 1 aromatic heterocycles. The van der Waals surface area contributed by atoms with Gasteiger partial charge in [-0.3, -0.25) is 4.98 Å². The molecule has 0 saturated carbocycles. The fourth-order valence-corrected chi connectivity index (χ4v) is 1.40. The van der Waals surface area contributed by atoms with E-state index < -0.39 is 0 Å². The Labute approximate surface area is 104 Å². The minimum Gasteiger partial charge on any atom is -0.375 e. The summed E-state index contributed by atoms with van der Waals surface area (Å²) in [5.41, 5.74) is 2.20. The molecule has 3 heteroatoms. The molecule has 0 spiro atoms. The predicted octanol–water partition coefficient (Wildman–Crippen LogP) is 2.67. The largest absolute Gasteiger partial charge is 0.375 e. The topological polar surface area (TPSA) is 34.1 Å². The van der Waals surface area contributed by atoms with Gasteiger partial charge in [0, 0.05) is 12.7 Å². The normalized spacial score (nSPS) is 10.4. The smallest absolute Gasteiger partial charge is 0.0887 e. The van der Waals surface area contributed by atoms with Crippen molar-refractivity contribution in [2.45, 2.75) is 32.9 Å². The minimum absolute atomic E-state index is 0.580. The first kappa shape index (κ1) is 13.9. The van der Waals surface area contributed by atoms with Gasteiger partial charge in [-0.05, 0) is 31.0 Å². The Kier molecular flexibility index (Phi) is 7.27. The van der Waals surface area contributed by atoms with Crippen LogP contribution in [0.3, 0.4) is 0 Å². The van der Waals surface area contributed by atoms with E-state index in [4.69, 9.17) is 4.74 Å². The third-order valence-corrected chi connectivity index (χ3v) is 2.36. The van der Waals surface area contributed by atoms with Gasteiger partial charge in [-0.1, -0.05) is 19.1 Å². The third-order valence-electron chi connectivity index (χ3n) is 2.36. The van der Waals surface area contributed by atoms with Crippen molar-refractivity contribution < 1.29 is 4.74 Å². The van der Waals surface area contributed by atoms with Gasteiger partial charge in [0.15, 0.2) is 0 Å². The van der Waals surface area contributed by atoms with Crippen LogP contribution in [0.5, 0.6) is 0 Å². The van der Waals surface area contributed by atoms with E-state index in [-0.39, 0.29) is 0 Å². The molecule has 0 radical (unpaired) electrons. The van der Waals surface area contributed by atoms with Gasteiger partial charge in [0.05, 0.1) is 18.9 Å². The van der Waals surface area contributed by atoms with Gasteiger partial charge in [-0.2, -0.15) is 0 Å². The summed E-state index contributed by atoms with van der Waals surface area (Å²) in [6, 6.07) is 4.12. The van der Waals surface area contributed by atoms with Crippen LogP contribution in [-0.4, -0.2) is 18.1 Å². The highest BCUT2D eigenvalue weighted by atomic mass is 16.5. The van der Waals surface area contributed by atoms with Crippen molar-refractivity contribution in [1.82, 2.24) is 10.3 Å². The van der Waals surface area contributed by atoms with E-state index in [0.717, 1.165) is 31.6 Å². The zero-order chi connectivity index (χ0) is 12.3. The van der Waals surface area contributed by atoms with Gasteiger partial charge in [-0.15, -0.1) is 6.58 Å². The molecule has 0 aliphatic rings. The van der Waals surface area contributed by atoms with Crippen LogP contribution >= 0.6 is 0 Å². The average molecular weight is 234 g/mol. The molecule has 1 N–H and O–H groups in total. The summed E-state index contributed by atoms with van der Waals surface area (Å²) in [5, 5.41) is 3.35. The quantitative estimate of drug-likeness (QED) is 0.527. The Morgan fingerprint density at radius 3 is 3.00 bits per heavy atom. The maximum absolute atomic E-state index is 5.45. The summed E-state index contributed by atoms with van der Waals surface area (Å²) in [7, 11) is 0. The van der Waals surface area contributed by atoms with Gasteiger partial charge in [0.25, 0.3) is 0 Å². The molecule has 0 saturated heterocycles. The first-order valence-corrected chi connectivity index (χ1v) is 6.20. The number of aromatic nitrogens is 1. The fraction of sp³-hybridized carbons (Fsp3) is 0.500. The van der Waals surface area contributed by atoms with E-state index in [1.54, 1.807) is 0 Å². The fourth-order valence-electron chi connectivity index (χ4n) is 1.40. The van der Waals surface area contributed by atoms with Crippen molar-refractivity contribution >= 4 is 0 Å². The van der Waals surface area contributed by atoms with E-state index in [9.17, 15) is 0 Å². The van der Waals surface area contributed by atoms with Crippen LogP contribution in [0.25, 0.3) is 0 Å². The lowest BCUT2D eigenvalue weighted by Crippen LogP contribution is -2.14. The summed E-state index contributed by atoms with van der Waals surface area (Å²) in [6.07, 6.45) is 5.81. The highest BCUT2D eigenvalue weighted by Crippen LogP contribution is 2.02. The van der Waals surface area contributed by atoms with Crippen molar-refractivity contribution in [3.8, 4) is 0 Å². The molecule has 0 aliphatic carbocycles. The molecule has 1 heterocycles. The number of rotatable bonds is 9. The molecule has 1 rings (SSSR count). The molecule has 0 atom stereocenters. The second kappa shape index (κ2) is 8.90. The average Bonchev–Trinajstić information content (AvgIpc) is 2.37. The van der Waals surface area contributed by atoms with Crippen LogP contribution in [0, 0.1) is 0 Å². The highest BCUT2D eigenvalue weighted by Gasteiger charge is 1.96. The van der Waals surface area contributed by atoms with E-state index >= 15 is 0 Å². The van der Waals surface area contributed by atoms with Gasteiger partial charge in [0.2, 0.25) is 0 Å². The van der Waals surface area contributed by atoms with Crippen LogP contribution in [0.2, 0.25) is 0 Å². The summed E-state index contributed by atoms with van der Waals surface area (Å²) >= 11 is 0. The molecule has 1 aromatic rings. The number of nitrogens with zero attached hydrogens (tertiary/aromatic N) is 1. The highest BCUT2D eigenvalue weighted by molar-refractivity contribution is 5.13. The van der Waals surface area contributed by atoms with Crippen LogP contribution < -0.4 is 5.32 Å². The summed E-state index contributed by atoms with van der Waals surface area (Å²) in [6.45, 7) is 9.04. The molecule has 0 aliphatic heterocycles. The van der Waals surface area contributed by atoms with E-state index in [0.29, 0.717) is 13.2 Å². The molecule has 0 bridgehead atoms. The van der Waals surface area contributed by atoms with Gasteiger partial charge in [0.1, 0.15) is 0 Å². The van der Waals surface area contributed by atoms with Crippen LogP contribution in [0.1, 0.15) is 31.0 Å². The zero-order valence-electron chi connectivity index (χ0n) is 10.6. The van der Waals surface area contributed by atoms with Crippen molar-refractivity contribution in [2.24, 2.45) is 0 Å². The van der Waals surface area contributed by atoms with Crippen molar-refractivity contribution in [1.29, 1.82) is 0 Å². The van der Waals surface area contributed by atoms with Crippen molar-refractivity contribution in [2.75, 3.05) is 13.2 Å². The lowest BCUT2D eigenvalue weighted by molar-refractivity contribution is 0.122. The lowest BCUT2D eigenvalue weighted by Gasteiger charge is -2.05. The number of hydrogen-bond acceptors (Lipinski definition) is 3. The molecule has 94 valence electrons. The van der Waals surface area contributed by atoms with Crippen LogP contribution in [0.15, 0.2) is 31.0 Å². The second-order valence-electron chi connectivity index (χ2n) is 3.96. The van der Waals surface area contributed by atoms with E-state index in [1.165, 1.54) is 5.56 Å². The van der Waals surface area contributed by atoms with Gasteiger partial charge in [-0.25, -0.2) is 0 Å². The maximum Gasteiger partial charge on any atom is 0.0887 e. The summed E-state index contributed by atoms with van der Waals surface area (Å²) in [5.74, 6) is 0. The third kappa shape index (κ3) is 6.19. The molecular weight excluding hydrogens is 212 g/mol. The van der Waals surface area contributed by atoms with Gasteiger partial charge < -0.3 is 10.1 Å². The van der Waals surface area contributed by atoms with Crippen molar-refractivity contribution in [3.63, 3.8) is 0 Å². The molecular formula is C14H22N2O. The Balaban J connectivity index is 2.26. The molecule has 0 unspecified atom stereocenters.